The van der Waals surface area contributed by atoms with Crippen LogP contribution in [0.25, 0.3) is 11.8 Å². The van der Waals surface area contributed by atoms with E-state index in [-0.39, 0.29) is 29.4 Å². The molecule has 0 unspecified atom stereocenters. The third kappa shape index (κ3) is 6.38. The highest BCUT2D eigenvalue weighted by Gasteiger charge is 2.35. The Morgan fingerprint density at radius 2 is 1.78 bits per heavy atom. The zero-order valence-electron chi connectivity index (χ0n) is 25.7. The molecule has 1 atom stereocenters. The summed E-state index contributed by atoms with van der Waals surface area (Å²) in [4.78, 5) is 33.3. The molecule has 0 aliphatic carbocycles. The summed E-state index contributed by atoms with van der Waals surface area (Å²) in [6.07, 6.45) is 7.07. The van der Waals surface area contributed by atoms with Crippen LogP contribution >= 0.6 is 22.9 Å². The van der Waals surface area contributed by atoms with Gasteiger partial charge in [0, 0.05) is 5.56 Å². The Hall–Kier alpha value is -4.98. The molecule has 4 aromatic rings. The summed E-state index contributed by atoms with van der Waals surface area (Å²) in [6, 6.07) is 17.1. The first-order chi connectivity index (χ1) is 22.3. The smallest absolute Gasteiger partial charge is 0.338 e. The molecule has 9 nitrogen and oxygen atoms in total. The molecule has 0 saturated carbocycles. The maximum Gasteiger partial charge on any atom is 0.338 e. The average Bonchev–Trinajstić information content (AvgIpc) is 3.37. The number of rotatable bonds is 11. The van der Waals surface area contributed by atoms with E-state index >= 15 is 0 Å². The first kappa shape index (κ1) is 32.4. The lowest BCUT2D eigenvalue weighted by molar-refractivity contribution is -0.138. The SMILES string of the molecule is C#CCOc1c(Cl)cc(/C=c2\sc3n(c2=O)[C@H](c2ccc(OC)c(OC)c2)C(C(=O)OCC)=C(c2ccccc2)N=3)cc1OCC. The number of carbonyl (C=O) groups is 1. The lowest BCUT2D eigenvalue weighted by Crippen LogP contribution is -2.40. The van der Waals surface area contributed by atoms with Gasteiger partial charge in [-0.15, -0.1) is 6.42 Å². The summed E-state index contributed by atoms with van der Waals surface area (Å²) in [7, 11) is 3.06. The van der Waals surface area contributed by atoms with Crippen molar-refractivity contribution in [1.29, 1.82) is 0 Å². The summed E-state index contributed by atoms with van der Waals surface area (Å²) >= 11 is 7.75. The predicted molar refractivity (Wildman–Crippen MR) is 178 cm³/mol. The van der Waals surface area contributed by atoms with Gasteiger partial charge in [0.05, 0.1) is 54.3 Å². The summed E-state index contributed by atoms with van der Waals surface area (Å²) in [6.45, 7) is 4.07. The fourth-order valence-electron chi connectivity index (χ4n) is 5.12. The molecular formula is C35H31ClN2O7S. The number of esters is 1. The third-order valence-electron chi connectivity index (χ3n) is 7.03. The average molecular weight is 659 g/mol. The molecule has 0 amide bonds. The van der Waals surface area contributed by atoms with Crippen LogP contribution in [0.4, 0.5) is 0 Å². The topological polar surface area (TPSA) is 97.6 Å². The van der Waals surface area contributed by atoms with Gasteiger partial charge in [-0.1, -0.05) is 65.3 Å². The van der Waals surface area contributed by atoms with E-state index in [2.05, 4.69) is 5.92 Å². The molecule has 0 spiro atoms. The van der Waals surface area contributed by atoms with Crippen LogP contribution in [0.1, 0.15) is 36.6 Å². The van der Waals surface area contributed by atoms with Crippen molar-refractivity contribution in [3.63, 3.8) is 0 Å². The van der Waals surface area contributed by atoms with Crippen molar-refractivity contribution in [2.24, 2.45) is 4.99 Å². The second-order valence-corrected chi connectivity index (χ2v) is 11.2. The molecule has 0 saturated heterocycles. The molecule has 2 heterocycles. The van der Waals surface area contributed by atoms with Gasteiger partial charge in [0.2, 0.25) is 0 Å². The summed E-state index contributed by atoms with van der Waals surface area (Å²) in [5.74, 6) is 3.48. The summed E-state index contributed by atoms with van der Waals surface area (Å²) < 4.78 is 29.8. The van der Waals surface area contributed by atoms with Crippen molar-refractivity contribution >= 4 is 40.7 Å². The number of halogens is 1. The van der Waals surface area contributed by atoms with E-state index in [4.69, 9.17) is 46.7 Å². The van der Waals surface area contributed by atoms with Gasteiger partial charge >= 0.3 is 5.97 Å². The first-order valence-electron chi connectivity index (χ1n) is 14.4. The summed E-state index contributed by atoms with van der Waals surface area (Å²) in [5.41, 5.74) is 2.17. The molecule has 5 rings (SSSR count). The Kier molecular flexibility index (Phi) is 10.2. The molecule has 0 radical (unpaired) electrons. The van der Waals surface area contributed by atoms with Crippen molar-refractivity contribution in [2.45, 2.75) is 19.9 Å². The Labute approximate surface area is 274 Å². The van der Waals surface area contributed by atoms with Crippen LogP contribution in [0.5, 0.6) is 23.0 Å². The van der Waals surface area contributed by atoms with E-state index in [1.54, 1.807) is 43.3 Å². The highest BCUT2D eigenvalue weighted by atomic mass is 35.5. The fraction of sp³-hybridized carbons (Fsp3) is 0.229. The number of terminal acetylenes is 1. The van der Waals surface area contributed by atoms with E-state index in [0.29, 0.717) is 61.3 Å². The van der Waals surface area contributed by atoms with Crippen LogP contribution < -0.4 is 33.8 Å². The Bertz CT molecular complexity index is 2030. The molecular weight excluding hydrogens is 628 g/mol. The van der Waals surface area contributed by atoms with Gasteiger partial charge < -0.3 is 23.7 Å². The van der Waals surface area contributed by atoms with Crippen molar-refractivity contribution in [3.05, 3.63) is 108 Å². The highest BCUT2D eigenvalue weighted by molar-refractivity contribution is 7.07. The van der Waals surface area contributed by atoms with E-state index in [9.17, 15) is 9.59 Å². The third-order valence-corrected chi connectivity index (χ3v) is 8.29. The number of thiazole rings is 1. The molecule has 11 heteroatoms. The second kappa shape index (κ2) is 14.4. The maximum atomic E-state index is 14.3. The number of hydrogen-bond acceptors (Lipinski definition) is 9. The van der Waals surface area contributed by atoms with Crippen LogP contribution in [0.2, 0.25) is 5.02 Å². The fourth-order valence-corrected chi connectivity index (χ4v) is 6.39. The molecule has 1 aromatic heterocycles. The van der Waals surface area contributed by atoms with Crippen LogP contribution in [0.15, 0.2) is 76.0 Å². The van der Waals surface area contributed by atoms with Crippen LogP contribution in [0, 0.1) is 12.3 Å². The van der Waals surface area contributed by atoms with E-state index < -0.39 is 12.0 Å². The van der Waals surface area contributed by atoms with Crippen LogP contribution in [-0.2, 0) is 9.53 Å². The number of fused-ring (bicyclic) bond motifs is 1. The zero-order valence-corrected chi connectivity index (χ0v) is 27.2. The second-order valence-electron chi connectivity index (χ2n) is 9.80. The van der Waals surface area contributed by atoms with Gasteiger partial charge in [-0.3, -0.25) is 9.36 Å². The van der Waals surface area contributed by atoms with Gasteiger partial charge in [0.1, 0.15) is 6.61 Å². The number of nitrogens with zero attached hydrogens (tertiary/aromatic N) is 2. The lowest BCUT2D eigenvalue weighted by atomic mass is 9.93. The summed E-state index contributed by atoms with van der Waals surface area (Å²) in [5, 5.41) is 0.277. The molecule has 1 aliphatic heterocycles. The number of methoxy groups -OCH3 is 2. The Morgan fingerprint density at radius 1 is 1.02 bits per heavy atom. The van der Waals surface area contributed by atoms with Gasteiger partial charge in [-0.05, 0) is 55.3 Å². The molecule has 0 N–H and O–H groups in total. The van der Waals surface area contributed by atoms with Crippen LogP contribution in [-0.4, -0.2) is 44.6 Å². The van der Waals surface area contributed by atoms with Gasteiger partial charge in [0.25, 0.3) is 5.56 Å². The van der Waals surface area contributed by atoms with E-state index in [0.717, 1.165) is 0 Å². The van der Waals surface area contributed by atoms with Crippen molar-refractivity contribution in [1.82, 2.24) is 4.57 Å². The van der Waals surface area contributed by atoms with Gasteiger partial charge in [-0.2, -0.15) is 0 Å². The normalized spacial score (nSPS) is 14.2. The van der Waals surface area contributed by atoms with Crippen molar-refractivity contribution < 1.29 is 28.5 Å². The first-order valence-corrected chi connectivity index (χ1v) is 15.6. The number of benzene rings is 3. The predicted octanol–water partition coefficient (Wildman–Crippen LogP) is 5.02. The van der Waals surface area contributed by atoms with Gasteiger partial charge in [-0.25, -0.2) is 9.79 Å². The molecule has 0 fully saturated rings. The van der Waals surface area contributed by atoms with E-state index in [1.807, 2.05) is 37.3 Å². The maximum absolute atomic E-state index is 14.3. The lowest BCUT2D eigenvalue weighted by Gasteiger charge is -2.26. The molecule has 3 aromatic carbocycles. The van der Waals surface area contributed by atoms with Gasteiger partial charge in [0.15, 0.2) is 27.8 Å². The minimum atomic E-state index is -0.894. The number of ether oxygens (including phenoxy) is 5. The molecule has 236 valence electrons. The molecule has 1 aliphatic rings. The number of hydrogen-bond donors (Lipinski definition) is 0. The minimum absolute atomic E-state index is 0.0143. The zero-order chi connectivity index (χ0) is 32.8. The van der Waals surface area contributed by atoms with E-state index in [1.165, 1.54) is 30.1 Å². The van der Waals surface area contributed by atoms with Crippen LogP contribution in [0.3, 0.4) is 0 Å². The highest BCUT2D eigenvalue weighted by Crippen LogP contribution is 2.39. The molecule has 0 bridgehead atoms. The Morgan fingerprint density at radius 3 is 2.46 bits per heavy atom. The standard InChI is InChI=1S/C35H31ClN2O7S/c1-6-16-45-32-24(36)17-21(18-27(32)43-7-2)19-28-33(39)38-31(23-14-15-25(41-4)26(20-23)42-5)29(34(40)44-8-3)30(37-35(38)46-28)22-12-10-9-11-13-22/h1,9-15,17-20,31H,7-8,16H2,2-5H3/b28-19-/t31-/m1/s1. The largest absolute Gasteiger partial charge is 0.493 e. The quantitative estimate of drug-likeness (QED) is 0.165. The molecule has 46 heavy (non-hydrogen) atoms. The number of aromatic nitrogens is 1. The monoisotopic (exact) mass is 658 g/mol. The number of carbonyl (C=O) groups excluding carboxylic acids is 1. The van der Waals surface area contributed by atoms with Crippen molar-refractivity contribution in [3.8, 4) is 35.3 Å². The van der Waals surface area contributed by atoms with Crippen molar-refractivity contribution in [2.75, 3.05) is 34.0 Å². The minimum Gasteiger partial charge on any atom is -0.493 e. The Balaban J connectivity index is 1.79.